The van der Waals surface area contributed by atoms with Crippen LogP contribution in [0, 0.1) is 5.92 Å². The lowest BCUT2D eigenvalue weighted by atomic mass is 9.88. The zero-order chi connectivity index (χ0) is 10.3. The smallest absolute Gasteiger partial charge is 0.0388 e. The van der Waals surface area contributed by atoms with Crippen LogP contribution in [0.2, 0.25) is 0 Å². The highest BCUT2D eigenvalue weighted by atomic mass is 15.2. The van der Waals surface area contributed by atoms with Crippen LogP contribution in [0.25, 0.3) is 0 Å². The largest absolute Gasteiger partial charge is 0.365 e. The van der Waals surface area contributed by atoms with E-state index in [0.717, 1.165) is 6.42 Å². The summed E-state index contributed by atoms with van der Waals surface area (Å²) in [7, 11) is 2.24. The van der Waals surface area contributed by atoms with Gasteiger partial charge in [-0.1, -0.05) is 13.8 Å². The molecule has 2 rings (SSSR count). The minimum Gasteiger partial charge on any atom is -0.365 e. The molecule has 0 fully saturated rings. The van der Waals surface area contributed by atoms with Crippen LogP contribution in [0.4, 0.5) is 0 Å². The summed E-state index contributed by atoms with van der Waals surface area (Å²) in [4.78, 5) is 5.87. The van der Waals surface area contributed by atoms with Crippen molar-refractivity contribution in [2.45, 2.75) is 39.3 Å². The van der Waals surface area contributed by atoms with E-state index < -0.39 is 0 Å². The summed E-state index contributed by atoms with van der Waals surface area (Å²) in [5.74, 6) is 0.678. The molecule has 14 heavy (non-hydrogen) atoms. The molecule has 0 unspecified atom stereocenters. The Bertz CT molecular complexity index is 314. The molecule has 0 spiro atoms. The number of H-pyrrole nitrogens is 1. The van der Waals surface area contributed by atoms with Crippen molar-refractivity contribution in [3.8, 4) is 0 Å². The summed E-state index contributed by atoms with van der Waals surface area (Å²) in [5.41, 5.74) is 2.94. The monoisotopic (exact) mass is 192 g/mol. The summed E-state index contributed by atoms with van der Waals surface area (Å²) in [5, 5.41) is 0. The van der Waals surface area contributed by atoms with Crippen LogP contribution >= 0.6 is 0 Å². The number of rotatable bonds is 1. The van der Waals surface area contributed by atoms with Gasteiger partial charge >= 0.3 is 0 Å². The van der Waals surface area contributed by atoms with Gasteiger partial charge in [-0.15, -0.1) is 0 Å². The summed E-state index contributed by atoms with van der Waals surface area (Å²) in [6.45, 7) is 6.91. The molecule has 0 aliphatic carbocycles. The Morgan fingerprint density at radius 2 is 2.21 bits per heavy atom. The number of likely N-dealkylation sites (N-methyl/N-ethyl adjacent to an activating group) is 1. The Hall–Kier alpha value is -0.760. The number of fused-ring (bicyclic) bond motifs is 1. The highest BCUT2D eigenvalue weighted by Crippen LogP contribution is 2.35. The van der Waals surface area contributed by atoms with Crippen LogP contribution in [0.3, 0.4) is 0 Å². The fraction of sp³-hybridized carbons (Fsp3) is 0.667. The van der Waals surface area contributed by atoms with Crippen molar-refractivity contribution in [3.63, 3.8) is 0 Å². The summed E-state index contributed by atoms with van der Waals surface area (Å²) < 4.78 is 0. The molecular formula is C12H20N2. The molecule has 0 saturated heterocycles. The molecular weight excluding hydrogens is 172 g/mol. The quantitative estimate of drug-likeness (QED) is 0.724. The van der Waals surface area contributed by atoms with Crippen LogP contribution in [0.15, 0.2) is 12.3 Å². The molecule has 0 amide bonds. The Morgan fingerprint density at radius 1 is 1.50 bits per heavy atom. The Labute approximate surface area is 86.3 Å². The van der Waals surface area contributed by atoms with Crippen molar-refractivity contribution in [1.82, 2.24) is 9.88 Å². The zero-order valence-electron chi connectivity index (χ0n) is 9.54. The minimum atomic E-state index is 0.583. The van der Waals surface area contributed by atoms with Crippen LogP contribution in [-0.2, 0) is 6.42 Å². The van der Waals surface area contributed by atoms with Gasteiger partial charge < -0.3 is 4.98 Å². The van der Waals surface area contributed by atoms with E-state index in [9.17, 15) is 0 Å². The molecule has 2 nitrogen and oxygen atoms in total. The van der Waals surface area contributed by atoms with Crippen molar-refractivity contribution in [3.05, 3.63) is 23.5 Å². The van der Waals surface area contributed by atoms with Gasteiger partial charge in [0, 0.05) is 30.4 Å². The molecule has 0 saturated carbocycles. The number of aromatic amines is 1. The maximum atomic E-state index is 3.37. The maximum Gasteiger partial charge on any atom is 0.0388 e. The van der Waals surface area contributed by atoms with Crippen molar-refractivity contribution >= 4 is 0 Å². The number of hydrogen-bond donors (Lipinski definition) is 1. The SMILES string of the molecule is CC(C)[C@H]1c2cc[nH]c2C[C@@H](C)N1C. The zero-order valence-corrected chi connectivity index (χ0v) is 9.54. The fourth-order valence-corrected chi connectivity index (χ4v) is 2.63. The van der Waals surface area contributed by atoms with Crippen molar-refractivity contribution in [2.75, 3.05) is 7.05 Å². The Kier molecular flexibility index (Phi) is 2.40. The van der Waals surface area contributed by atoms with Gasteiger partial charge in [0.15, 0.2) is 0 Å². The Balaban J connectivity index is 2.40. The lowest BCUT2D eigenvalue weighted by Crippen LogP contribution is -2.41. The molecule has 1 N–H and O–H groups in total. The van der Waals surface area contributed by atoms with Crippen LogP contribution in [0.5, 0.6) is 0 Å². The third-order valence-corrected chi connectivity index (χ3v) is 3.45. The third kappa shape index (κ3) is 1.38. The van der Waals surface area contributed by atoms with Gasteiger partial charge in [0.25, 0.3) is 0 Å². The normalized spacial score (nSPS) is 28.1. The summed E-state index contributed by atoms with van der Waals surface area (Å²) in [6.07, 6.45) is 3.23. The first-order valence-electron chi connectivity index (χ1n) is 5.49. The molecule has 78 valence electrons. The second-order valence-electron chi connectivity index (χ2n) is 4.82. The third-order valence-electron chi connectivity index (χ3n) is 3.45. The Morgan fingerprint density at radius 3 is 2.86 bits per heavy atom. The van der Waals surface area contributed by atoms with Crippen LogP contribution in [0.1, 0.15) is 38.1 Å². The number of nitrogens with zero attached hydrogens (tertiary/aromatic N) is 1. The predicted molar refractivity (Wildman–Crippen MR) is 59.3 cm³/mol. The first kappa shape index (κ1) is 9.78. The molecule has 2 heteroatoms. The van der Waals surface area contributed by atoms with Gasteiger partial charge in [0.05, 0.1) is 0 Å². The molecule has 1 aliphatic heterocycles. The van der Waals surface area contributed by atoms with E-state index in [-0.39, 0.29) is 0 Å². The van der Waals surface area contributed by atoms with Crippen LogP contribution in [-0.4, -0.2) is 23.0 Å². The van der Waals surface area contributed by atoms with Gasteiger partial charge in [-0.25, -0.2) is 0 Å². The van der Waals surface area contributed by atoms with Gasteiger partial charge in [-0.05, 0) is 31.5 Å². The molecule has 2 heterocycles. The molecule has 2 atom stereocenters. The average molecular weight is 192 g/mol. The molecule has 0 radical (unpaired) electrons. The summed E-state index contributed by atoms with van der Waals surface area (Å²) >= 11 is 0. The second kappa shape index (κ2) is 3.43. The number of hydrogen-bond acceptors (Lipinski definition) is 1. The predicted octanol–water partition coefficient (Wildman–Crippen LogP) is 2.59. The van der Waals surface area contributed by atoms with E-state index in [0.29, 0.717) is 18.0 Å². The molecule has 0 bridgehead atoms. The highest BCUT2D eigenvalue weighted by Gasteiger charge is 2.31. The highest BCUT2D eigenvalue weighted by molar-refractivity contribution is 5.28. The average Bonchev–Trinajstić information content (AvgIpc) is 2.52. The standard InChI is InChI=1S/C12H20N2/c1-8(2)12-10-5-6-13-11(10)7-9(3)14(12)4/h5-6,8-9,12-13H,7H2,1-4H3/t9-,12+/m1/s1. The van der Waals surface area contributed by atoms with Gasteiger partial charge in [0.1, 0.15) is 0 Å². The molecule has 1 aliphatic rings. The van der Waals surface area contributed by atoms with E-state index >= 15 is 0 Å². The van der Waals surface area contributed by atoms with Crippen LogP contribution < -0.4 is 0 Å². The second-order valence-corrected chi connectivity index (χ2v) is 4.82. The van der Waals surface area contributed by atoms with Gasteiger partial charge in [0.2, 0.25) is 0 Å². The lowest BCUT2D eigenvalue weighted by Gasteiger charge is -2.40. The van der Waals surface area contributed by atoms with Gasteiger partial charge in [-0.2, -0.15) is 0 Å². The first-order chi connectivity index (χ1) is 6.61. The topological polar surface area (TPSA) is 19.0 Å². The molecule has 1 aromatic heterocycles. The molecule has 1 aromatic rings. The fourth-order valence-electron chi connectivity index (χ4n) is 2.63. The number of nitrogens with one attached hydrogen (secondary N) is 1. The van der Waals surface area contributed by atoms with E-state index in [4.69, 9.17) is 0 Å². The van der Waals surface area contributed by atoms with Crippen molar-refractivity contribution in [1.29, 1.82) is 0 Å². The minimum absolute atomic E-state index is 0.583. The lowest BCUT2D eigenvalue weighted by molar-refractivity contribution is 0.128. The number of aromatic nitrogens is 1. The maximum absolute atomic E-state index is 3.37. The molecule has 0 aromatic carbocycles. The van der Waals surface area contributed by atoms with Crippen molar-refractivity contribution < 1.29 is 0 Å². The van der Waals surface area contributed by atoms with E-state index in [1.54, 1.807) is 0 Å². The van der Waals surface area contributed by atoms with E-state index in [2.05, 4.69) is 50.0 Å². The van der Waals surface area contributed by atoms with Crippen molar-refractivity contribution in [2.24, 2.45) is 5.92 Å². The van der Waals surface area contributed by atoms with Gasteiger partial charge in [-0.3, -0.25) is 4.90 Å². The van der Waals surface area contributed by atoms with E-state index in [1.165, 1.54) is 11.3 Å². The first-order valence-corrected chi connectivity index (χ1v) is 5.49. The van der Waals surface area contributed by atoms with E-state index in [1.807, 2.05) is 0 Å². The summed E-state index contributed by atoms with van der Waals surface area (Å²) in [6, 6.07) is 3.47.